The van der Waals surface area contributed by atoms with E-state index in [1.54, 1.807) is 0 Å². The summed E-state index contributed by atoms with van der Waals surface area (Å²) in [5.41, 5.74) is 1.11. The van der Waals surface area contributed by atoms with Crippen molar-refractivity contribution in [1.82, 2.24) is 9.96 Å². The standard InChI is InChI=1S/C21H34N2O3/c1-22(19-10-3-2-4-11-19)16-20(24)17-25-21-12-6-5-9-18(21)15-23-13-7-8-14-26-23/h5-6,9,12,19-20,24H,2-4,7-8,10-11,13-17H2,1H3/t20-/m1/s1. The van der Waals surface area contributed by atoms with E-state index in [4.69, 9.17) is 9.57 Å². The number of hydrogen-bond donors (Lipinski definition) is 1. The second-order valence-corrected chi connectivity index (χ2v) is 7.71. The van der Waals surface area contributed by atoms with Crippen LogP contribution in [0.4, 0.5) is 0 Å². The summed E-state index contributed by atoms with van der Waals surface area (Å²) in [6, 6.07) is 8.68. The van der Waals surface area contributed by atoms with Crippen molar-refractivity contribution < 1.29 is 14.7 Å². The highest BCUT2D eigenvalue weighted by molar-refractivity contribution is 5.33. The zero-order chi connectivity index (χ0) is 18.2. The summed E-state index contributed by atoms with van der Waals surface area (Å²) in [5, 5.41) is 12.4. The van der Waals surface area contributed by atoms with Crippen molar-refractivity contribution in [2.45, 2.75) is 63.6 Å². The molecule has 0 unspecified atom stereocenters. The van der Waals surface area contributed by atoms with E-state index in [-0.39, 0.29) is 0 Å². The smallest absolute Gasteiger partial charge is 0.124 e. The molecule has 1 saturated carbocycles. The van der Waals surface area contributed by atoms with Gasteiger partial charge in [0.15, 0.2) is 0 Å². The summed E-state index contributed by atoms with van der Waals surface area (Å²) in [6.07, 6.45) is 8.33. The van der Waals surface area contributed by atoms with Gasteiger partial charge >= 0.3 is 0 Å². The Bertz CT molecular complexity index is 528. The summed E-state index contributed by atoms with van der Waals surface area (Å²) < 4.78 is 5.97. The number of nitrogens with zero attached hydrogens (tertiary/aromatic N) is 2. The Morgan fingerprint density at radius 1 is 1.19 bits per heavy atom. The van der Waals surface area contributed by atoms with Crippen molar-refractivity contribution in [3.63, 3.8) is 0 Å². The second-order valence-electron chi connectivity index (χ2n) is 7.71. The van der Waals surface area contributed by atoms with E-state index in [9.17, 15) is 5.11 Å². The van der Waals surface area contributed by atoms with Gasteiger partial charge in [0.05, 0.1) is 13.2 Å². The molecule has 0 radical (unpaired) electrons. The Labute approximate surface area is 157 Å². The molecule has 1 N–H and O–H groups in total. The molecule has 0 bridgehead atoms. The van der Waals surface area contributed by atoms with Crippen LogP contribution in [0.1, 0.15) is 50.5 Å². The fourth-order valence-corrected chi connectivity index (χ4v) is 3.98. The first-order valence-corrected chi connectivity index (χ1v) is 10.2. The van der Waals surface area contributed by atoms with Gasteiger partial charge in [-0.15, -0.1) is 0 Å². The van der Waals surface area contributed by atoms with Crippen LogP contribution in [0.3, 0.4) is 0 Å². The highest BCUT2D eigenvalue weighted by Crippen LogP contribution is 2.23. The molecule has 146 valence electrons. The van der Waals surface area contributed by atoms with Crippen molar-refractivity contribution >= 4 is 0 Å². The first-order chi connectivity index (χ1) is 12.7. The maximum absolute atomic E-state index is 10.4. The summed E-state index contributed by atoms with van der Waals surface area (Å²) in [7, 11) is 2.13. The lowest BCUT2D eigenvalue weighted by molar-refractivity contribution is -0.187. The molecular formula is C21H34N2O3. The van der Waals surface area contributed by atoms with Crippen molar-refractivity contribution in [3.8, 4) is 5.75 Å². The average molecular weight is 363 g/mol. The number of para-hydroxylation sites is 1. The van der Waals surface area contributed by atoms with E-state index in [0.29, 0.717) is 19.2 Å². The monoisotopic (exact) mass is 362 g/mol. The number of aliphatic hydroxyl groups is 1. The van der Waals surface area contributed by atoms with Crippen molar-refractivity contribution in [2.75, 3.05) is 33.4 Å². The van der Waals surface area contributed by atoms with Gasteiger partial charge in [-0.1, -0.05) is 37.5 Å². The molecule has 0 amide bonds. The predicted molar refractivity (Wildman–Crippen MR) is 103 cm³/mol. The summed E-state index contributed by atoms with van der Waals surface area (Å²) in [6.45, 7) is 3.49. The van der Waals surface area contributed by atoms with E-state index in [1.807, 2.05) is 23.3 Å². The molecule has 1 saturated heterocycles. The van der Waals surface area contributed by atoms with Gasteiger partial charge in [-0.2, -0.15) is 5.06 Å². The molecule has 1 aromatic rings. The van der Waals surface area contributed by atoms with E-state index < -0.39 is 6.10 Å². The minimum absolute atomic E-state index is 0.328. The van der Waals surface area contributed by atoms with Crippen LogP contribution in [-0.4, -0.2) is 60.6 Å². The number of ether oxygens (including phenoxy) is 1. The third-order valence-electron chi connectivity index (χ3n) is 5.52. The highest BCUT2D eigenvalue weighted by atomic mass is 16.7. The van der Waals surface area contributed by atoms with Crippen LogP contribution in [0.25, 0.3) is 0 Å². The molecule has 3 rings (SSSR count). The van der Waals surface area contributed by atoms with E-state index in [1.165, 1.54) is 38.5 Å². The molecule has 1 heterocycles. The molecule has 1 aliphatic heterocycles. The number of likely N-dealkylation sites (N-methyl/N-ethyl adjacent to an activating group) is 1. The Hall–Kier alpha value is -1.14. The lowest BCUT2D eigenvalue weighted by Gasteiger charge is -2.32. The molecule has 1 atom stereocenters. The van der Waals surface area contributed by atoms with Gasteiger partial charge in [-0.3, -0.25) is 4.84 Å². The number of benzene rings is 1. The van der Waals surface area contributed by atoms with Gasteiger partial charge in [-0.05, 0) is 38.8 Å². The predicted octanol–water partition coefficient (Wildman–Crippen LogP) is 3.22. The van der Waals surface area contributed by atoms with E-state index in [2.05, 4.69) is 18.0 Å². The minimum Gasteiger partial charge on any atom is -0.491 e. The van der Waals surface area contributed by atoms with Gasteiger partial charge < -0.3 is 14.7 Å². The van der Waals surface area contributed by atoms with E-state index >= 15 is 0 Å². The SMILES string of the molecule is CN(C[C@@H](O)COc1ccccc1CN1CCCCO1)C1CCCCC1. The number of rotatable bonds is 8. The van der Waals surface area contributed by atoms with Crippen molar-refractivity contribution in [1.29, 1.82) is 0 Å². The zero-order valence-electron chi connectivity index (χ0n) is 16.1. The van der Waals surface area contributed by atoms with Crippen LogP contribution >= 0.6 is 0 Å². The molecule has 1 aromatic carbocycles. The van der Waals surface area contributed by atoms with Gasteiger partial charge in [-0.25, -0.2) is 0 Å². The minimum atomic E-state index is -0.471. The maximum atomic E-state index is 10.4. The topological polar surface area (TPSA) is 45.2 Å². The Morgan fingerprint density at radius 3 is 2.77 bits per heavy atom. The quantitative estimate of drug-likeness (QED) is 0.769. The largest absolute Gasteiger partial charge is 0.491 e. The van der Waals surface area contributed by atoms with Gasteiger partial charge in [0.2, 0.25) is 0 Å². The Morgan fingerprint density at radius 2 is 2.00 bits per heavy atom. The lowest BCUT2D eigenvalue weighted by Crippen LogP contribution is -2.40. The highest BCUT2D eigenvalue weighted by Gasteiger charge is 2.20. The molecule has 1 aliphatic carbocycles. The summed E-state index contributed by atoms with van der Waals surface area (Å²) in [4.78, 5) is 8.01. The Kier molecular flexibility index (Phi) is 7.74. The first kappa shape index (κ1) is 19.6. The number of hydroxylamine groups is 2. The molecule has 2 fully saturated rings. The van der Waals surface area contributed by atoms with Gasteiger partial charge in [0.25, 0.3) is 0 Å². The van der Waals surface area contributed by atoms with Crippen LogP contribution in [0.2, 0.25) is 0 Å². The third kappa shape index (κ3) is 5.95. The number of aliphatic hydroxyl groups excluding tert-OH is 1. The van der Waals surface area contributed by atoms with Crippen LogP contribution in [0, 0.1) is 0 Å². The maximum Gasteiger partial charge on any atom is 0.124 e. The fourth-order valence-electron chi connectivity index (χ4n) is 3.98. The van der Waals surface area contributed by atoms with Crippen LogP contribution in [0.5, 0.6) is 5.75 Å². The van der Waals surface area contributed by atoms with E-state index in [0.717, 1.165) is 37.4 Å². The molecule has 2 aliphatic rings. The lowest BCUT2D eigenvalue weighted by atomic mass is 9.94. The fraction of sp³-hybridized carbons (Fsp3) is 0.714. The molecule has 0 spiro atoms. The van der Waals surface area contributed by atoms with Crippen LogP contribution in [0.15, 0.2) is 24.3 Å². The average Bonchev–Trinajstić information content (AvgIpc) is 2.69. The third-order valence-corrected chi connectivity index (χ3v) is 5.52. The van der Waals surface area contributed by atoms with Crippen molar-refractivity contribution in [3.05, 3.63) is 29.8 Å². The zero-order valence-corrected chi connectivity index (χ0v) is 16.1. The normalized spacial score (nSPS) is 21.0. The van der Waals surface area contributed by atoms with Gasteiger partial charge in [0.1, 0.15) is 18.5 Å². The Balaban J connectivity index is 1.47. The molecule has 5 heteroatoms. The van der Waals surface area contributed by atoms with Crippen molar-refractivity contribution in [2.24, 2.45) is 0 Å². The molecule has 0 aromatic heterocycles. The second kappa shape index (κ2) is 10.3. The van der Waals surface area contributed by atoms with Crippen LogP contribution < -0.4 is 4.74 Å². The van der Waals surface area contributed by atoms with Crippen LogP contribution in [-0.2, 0) is 11.4 Å². The summed E-state index contributed by atoms with van der Waals surface area (Å²) >= 11 is 0. The summed E-state index contributed by atoms with van der Waals surface area (Å²) in [5.74, 6) is 0.848. The molecule has 5 nitrogen and oxygen atoms in total. The molecule has 26 heavy (non-hydrogen) atoms. The number of hydrogen-bond acceptors (Lipinski definition) is 5. The molecular weight excluding hydrogens is 328 g/mol. The first-order valence-electron chi connectivity index (χ1n) is 10.2. The van der Waals surface area contributed by atoms with Gasteiger partial charge in [0, 0.05) is 24.7 Å².